The van der Waals surface area contributed by atoms with Gasteiger partial charge in [-0.3, -0.25) is 9.78 Å². The van der Waals surface area contributed by atoms with Gasteiger partial charge in [-0.1, -0.05) is 0 Å². The Bertz CT molecular complexity index is 1160. The summed E-state index contributed by atoms with van der Waals surface area (Å²) < 4.78 is 19.4. The number of nitrogens with zero attached hydrogens (tertiary/aromatic N) is 2. The second-order valence-corrected chi connectivity index (χ2v) is 8.81. The fourth-order valence-corrected chi connectivity index (χ4v) is 3.94. The maximum absolute atomic E-state index is 12.8. The lowest BCUT2D eigenvalue weighted by Crippen LogP contribution is -2.29. The molecular formula is C26H33IN6O4. The van der Waals surface area contributed by atoms with Gasteiger partial charge >= 0.3 is 0 Å². The zero-order valence-electron chi connectivity index (χ0n) is 21.3. The molecule has 1 aliphatic rings. The summed E-state index contributed by atoms with van der Waals surface area (Å²) in [4.78, 5) is 21.7. The molecule has 198 valence electrons. The predicted octanol–water partition coefficient (Wildman–Crippen LogP) is 3.33. The summed E-state index contributed by atoms with van der Waals surface area (Å²) in [5.74, 6) is 2.17. The van der Waals surface area contributed by atoms with E-state index in [1.807, 2.05) is 67.0 Å². The number of aliphatic imine (C=N–C) groups is 1. The van der Waals surface area contributed by atoms with E-state index in [2.05, 4.69) is 24.1 Å². The van der Waals surface area contributed by atoms with Gasteiger partial charge in [-0.05, 0) is 62.2 Å². The molecule has 0 unspecified atom stereocenters. The van der Waals surface area contributed by atoms with Gasteiger partial charge in [-0.2, -0.15) is 0 Å². The number of nitrogens with one attached hydrogen (secondary N) is 3. The summed E-state index contributed by atoms with van der Waals surface area (Å²) in [5, 5.41) is 6.17. The van der Waals surface area contributed by atoms with Crippen molar-refractivity contribution in [3.63, 3.8) is 0 Å². The molecule has 1 amide bonds. The monoisotopic (exact) mass is 620 g/mol. The van der Waals surface area contributed by atoms with Crippen molar-refractivity contribution >= 4 is 40.3 Å². The van der Waals surface area contributed by atoms with Crippen LogP contribution in [0.1, 0.15) is 17.7 Å². The van der Waals surface area contributed by atoms with Gasteiger partial charge < -0.3 is 34.1 Å². The van der Waals surface area contributed by atoms with E-state index in [4.69, 9.17) is 19.9 Å². The van der Waals surface area contributed by atoms with E-state index in [0.29, 0.717) is 73.5 Å². The van der Waals surface area contributed by atoms with Gasteiger partial charge in [0.15, 0.2) is 0 Å². The number of nitrogens with two attached hydrogens (primary N) is 1. The van der Waals surface area contributed by atoms with Gasteiger partial charge in [0.1, 0.15) is 23.2 Å². The normalized spacial score (nSPS) is 13.9. The molecule has 1 aromatic heterocycles. The topological polar surface area (TPSA) is 132 Å². The van der Waals surface area contributed by atoms with E-state index >= 15 is 0 Å². The van der Waals surface area contributed by atoms with E-state index < -0.39 is 0 Å². The Morgan fingerprint density at radius 1 is 1.22 bits per heavy atom. The highest BCUT2D eigenvalue weighted by molar-refractivity contribution is 14.1. The zero-order chi connectivity index (χ0) is 26.6. The molecule has 5 N–H and O–H groups in total. The number of ether oxygens (including phenoxy) is 3. The molecule has 3 rings (SSSR count). The van der Waals surface area contributed by atoms with E-state index in [0.717, 1.165) is 11.3 Å². The molecule has 0 radical (unpaired) electrons. The third-order valence-corrected chi connectivity index (χ3v) is 5.97. The molecule has 0 spiro atoms. The van der Waals surface area contributed by atoms with Crippen molar-refractivity contribution < 1.29 is 19.0 Å². The minimum absolute atomic E-state index is 0.167. The minimum atomic E-state index is -0.167. The van der Waals surface area contributed by atoms with E-state index in [1.54, 1.807) is 19.4 Å². The first kappa shape index (κ1) is 28.4. The number of aromatic nitrogens is 1. The quantitative estimate of drug-likeness (QED) is 0.0935. The maximum atomic E-state index is 12.8. The fraction of sp³-hybridized carbons (Fsp3) is 0.346. The molecule has 0 fully saturated rings. The lowest BCUT2D eigenvalue weighted by molar-refractivity contribution is -0.117. The third-order valence-electron chi connectivity index (χ3n) is 5.43. The number of carbonyl (C=O) groups is 1. The number of carbonyl (C=O) groups excluding carboxylic acids is 1. The summed E-state index contributed by atoms with van der Waals surface area (Å²) in [6.45, 7) is 6.26. The van der Waals surface area contributed by atoms with Crippen LogP contribution in [0.25, 0.3) is 0 Å². The highest BCUT2D eigenvalue weighted by atomic mass is 127. The van der Waals surface area contributed by atoms with Crippen LogP contribution in [0.3, 0.4) is 0 Å². The maximum Gasteiger partial charge on any atom is 0.247 e. The van der Waals surface area contributed by atoms with Gasteiger partial charge in [0, 0.05) is 31.5 Å². The van der Waals surface area contributed by atoms with E-state index in [-0.39, 0.29) is 11.7 Å². The molecule has 10 nitrogen and oxygen atoms in total. The number of halogens is 1. The molecule has 0 bridgehead atoms. The molecule has 0 atom stereocenters. The van der Waals surface area contributed by atoms with Crippen LogP contribution < -0.4 is 24.6 Å². The number of hydrogen-bond acceptors (Lipinski definition) is 8. The summed E-state index contributed by atoms with van der Waals surface area (Å²) >= 11 is 2.03. The Labute approximate surface area is 231 Å². The Morgan fingerprint density at radius 2 is 2.05 bits per heavy atom. The van der Waals surface area contributed by atoms with E-state index in [1.165, 1.54) is 0 Å². The van der Waals surface area contributed by atoms with Crippen molar-refractivity contribution in [2.24, 2.45) is 10.7 Å². The van der Waals surface area contributed by atoms with Crippen molar-refractivity contribution in [3.8, 4) is 11.5 Å². The Balaban J connectivity index is 1.74. The molecule has 1 aromatic carbocycles. The number of benzene rings is 1. The third kappa shape index (κ3) is 8.72. The molecule has 2 aromatic rings. The number of hydrogen-bond donors (Lipinski definition) is 4. The lowest BCUT2D eigenvalue weighted by atomic mass is 10.1. The molecule has 2 heterocycles. The first-order valence-electron chi connectivity index (χ1n) is 11.9. The largest absolute Gasteiger partial charge is 0.455 e. The molecule has 0 aliphatic carbocycles. The van der Waals surface area contributed by atoms with Crippen LogP contribution in [0, 0.1) is 13.8 Å². The van der Waals surface area contributed by atoms with Crippen molar-refractivity contribution in [2.75, 3.05) is 40.0 Å². The molecular weight excluding hydrogens is 587 g/mol. The van der Waals surface area contributed by atoms with Crippen LogP contribution in [0.2, 0.25) is 0 Å². The van der Waals surface area contributed by atoms with E-state index in [9.17, 15) is 4.79 Å². The number of rotatable bonds is 12. The Hall–Kier alpha value is -3.16. The highest BCUT2D eigenvalue weighted by Gasteiger charge is 2.18. The Kier molecular flexibility index (Phi) is 11.2. The van der Waals surface area contributed by atoms with Gasteiger partial charge in [-0.25, -0.2) is 4.99 Å². The molecule has 0 saturated heterocycles. The lowest BCUT2D eigenvalue weighted by Gasteiger charge is -2.12. The fourth-order valence-electron chi connectivity index (χ4n) is 3.45. The minimum Gasteiger partial charge on any atom is -0.455 e. The summed E-state index contributed by atoms with van der Waals surface area (Å²) in [7, 11) is 1.62. The van der Waals surface area contributed by atoms with Crippen molar-refractivity contribution in [2.45, 2.75) is 20.3 Å². The second-order valence-electron chi connectivity index (χ2n) is 8.27. The van der Waals surface area contributed by atoms with Crippen LogP contribution in [0.5, 0.6) is 11.5 Å². The zero-order valence-corrected chi connectivity index (χ0v) is 23.4. The second kappa shape index (κ2) is 14.5. The number of pyridine rings is 1. The number of amides is 1. The van der Waals surface area contributed by atoms with Crippen LogP contribution >= 0.6 is 22.9 Å². The standard InChI is InChI=1S/C26H33IN6O4/c1-17-14-20(5-7-23(17)37-21-6-4-18(2)31-16-21)32-24(28)22-15-19(8-9-29-25(22)33-27)26(34)30-10-11-36-13-12-35-3/h4-7,14-16,29,33H,8-13H2,1-3H3,(H2,28,32)(H,30,34). The number of aryl methyl sites for hydroxylation is 2. The van der Waals surface area contributed by atoms with Gasteiger partial charge in [-0.15, -0.1) is 0 Å². The van der Waals surface area contributed by atoms with Gasteiger partial charge in [0.25, 0.3) is 0 Å². The summed E-state index contributed by atoms with van der Waals surface area (Å²) in [6.07, 6.45) is 4.00. The van der Waals surface area contributed by atoms with Crippen LogP contribution in [0.15, 0.2) is 64.6 Å². The average molecular weight is 620 g/mol. The van der Waals surface area contributed by atoms with Gasteiger partial charge in [0.2, 0.25) is 5.91 Å². The predicted molar refractivity (Wildman–Crippen MR) is 152 cm³/mol. The van der Waals surface area contributed by atoms with Crippen LogP contribution in [0.4, 0.5) is 5.69 Å². The van der Waals surface area contributed by atoms with Crippen molar-refractivity contribution in [3.05, 3.63) is 70.8 Å². The van der Waals surface area contributed by atoms with Crippen LogP contribution in [-0.4, -0.2) is 56.7 Å². The smallest absolute Gasteiger partial charge is 0.247 e. The van der Waals surface area contributed by atoms with Crippen molar-refractivity contribution in [1.29, 1.82) is 0 Å². The van der Waals surface area contributed by atoms with Crippen LogP contribution in [-0.2, 0) is 14.3 Å². The average Bonchev–Trinajstić information content (AvgIpc) is 3.12. The van der Waals surface area contributed by atoms with Crippen molar-refractivity contribution in [1.82, 2.24) is 19.1 Å². The molecule has 11 heteroatoms. The number of amidine groups is 1. The first-order valence-corrected chi connectivity index (χ1v) is 12.9. The Morgan fingerprint density at radius 3 is 2.76 bits per heavy atom. The summed E-state index contributed by atoms with van der Waals surface area (Å²) in [5.41, 5.74) is 10.1. The number of methoxy groups -OCH3 is 1. The molecule has 37 heavy (non-hydrogen) atoms. The highest BCUT2D eigenvalue weighted by Crippen LogP contribution is 2.28. The molecule has 1 aliphatic heterocycles. The van der Waals surface area contributed by atoms with Gasteiger partial charge in [0.05, 0.1) is 60.1 Å². The SMILES string of the molecule is COCCOCCNC(=O)C1=CC(C(N)=Nc2ccc(Oc3ccc(C)nc3)c(C)c2)=C(NI)NCC1. The molecule has 0 saturated carbocycles. The first-order chi connectivity index (χ1) is 17.9. The summed E-state index contributed by atoms with van der Waals surface area (Å²) in [6, 6.07) is 9.36.